The molecule has 2 aromatic carbocycles. The summed E-state index contributed by atoms with van der Waals surface area (Å²) >= 11 is 4.99. The van der Waals surface area contributed by atoms with Gasteiger partial charge in [-0.2, -0.15) is 0 Å². The first-order valence-corrected chi connectivity index (χ1v) is 7.59. The molecule has 0 bridgehead atoms. The Morgan fingerprint density at radius 1 is 1.16 bits per heavy atom. The van der Waals surface area contributed by atoms with Crippen molar-refractivity contribution in [1.29, 1.82) is 0 Å². The quantitative estimate of drug-likeness (QED) is 0.679. The molecular formula is C15H12BrNOS. The van der Waals surface area contributed by atoms with E-state index in [-0.39, 0.29) is 11.6 Å². The molecule has 3 rings (SSSR count). The Hall–Kier alpha value is -1.39. The molecule has 3 aromatic rings. The lowest BCUT2D eigenvalue weighted by Gasteiger charge is -2.12. The fourth-order valence-electron chi connectivity index (χ4n) is 2.15. The van der Waals surface area contributed by atoms with Crippen molar-refractivity contribution >= 4 is 37.5 Å². The van der Waals surface area contributed by atoms with Crippen LogP contribution in [0.25, 0.3) is 10.1 Å². The van der Waals surface area contributed by atoms with Crippen molar-refractivity contribution in [3.63, 3.8) is 0 Å². The molecular weight excluding hydrogens is 322 g/mol. The number of benzene rings is 2. The van der Waals surface area contributed by atoms with Crippen LogP contribution in [0.3, 0.4) is 0 Å². The second-order valence-corrected chi connectivity index (χ2v) is 6.38. The summed E-state index contributed by atoms with van der Waals surface area (Å²) in [7, 11) is 0. The highest BCUT2D eigenvalue weighted by Crippen LogP contribution is 2.25. The molecule has 0 saturated heterocycles. The first-order chi connectivity index (χ1) is 9.16. The van der Waals surface area contributed by atoms with Crippen LogP contribution in [0.4, 0.5) is 0 Å². The molecule has 0 amide bonds. The standard InChI is InChI=1S/C15H12BrNOS/c1-10(11-5-4-6-12(16)9-11)17-15(18)13-7-2-3-8-14(13)19-17/h2-10H,1H3. The number of hydrogen-bond acceptors (Lipinski definition) is 2. The molecule has 0 radical (unpaired) electrons. The number of aromatic nitrogens is 1. The molecule has 19 heavy (non-hydrogen) atoms. The van der Waals surface area contributed by atoms with Crippen molar-refractivity contribution in [3.05, 3.63) is 68.9 Å². The molecule has 0 N–H and O–H groups in total. The van der Waals surface area contributed by atoms with Crippen molar-refractivity contribution in [2.75, 3.05) is 0 Å². The third-order valence-corrected chi connectivity index (χ3v) is 4.92. The molecule has 0 aliphatic heterocycles. The van der Waals surface area contributed by atoms with Gasteiger partial charge in [0, 0.05) is 4.47 Å². The van der Waals surface area contributed by atoms with E-state index in [2.05, 4.69) is 28.9 Å². The summed E-state index contributed by atoms with van der Waals surface area (Å²) in [5.41, 5.74) is 1.22. The average Bonchev–Trinajstić information content (AvgIpc) is 2.76. The van der Waals surface area contributed by atoms with Gasteiger partial charge in [0.1, 0.15) is 0 Å². The van der Waals surface area contributed by atoms with Crippen molar-refractivity contribution in [1.82, 2.24) is 3.96 Å². The SMILES string of the molecule is CC(c1cccc(Br)c1)n1sc2ccccc2c1=O. The molecule has 2 nitrogen and oxygen atoms in total. The van der Waals surface area contributed by atoms with Crippen LogP contribution in [-0.2, 0) is 0 Å². The van der Waals surface area contributed by atoms with Gasteiger partial charge in [0.05, 0.1) is 16.1 Å². The average molecular weight is 334 g/mol. The lowest BCUT2D eigenvalue weighted by atomic mass is 10.1. The number of nitrogens with zero attached hydrogens (tertiary/aromatic N) is 1. The van der Waals surface area contributed by atoms with E-state index in [1.165, 1.54) is 11.5 Å². The molecule has 1 unspecified atom stereocenters. The van der Waals surface area contributed by atoms with Gasteiger partial charge in [-0.15, -0.1) is 0 Å². The van der Waals surface area contributed by atoms with Crippen molar-refractivity contribution < 1.29 is 0 Å². The van der Waals surface area contributed by atoms with Gasteiger partial charge in [0.2, 0.25) is 0 Å². The predicted octanol–water partition coefficient (Wildman–Crippen LogP) is 4.43. The number of rotatable bonds is 2. The zero-order valence-corrected chi connectivity index (χ0v) is 12.7. The number of halogens is 1. The second-order valence-electron chi connectivity index (χ2n) is 4.45. The Labute approximate surface area is 123 Å². The van der Waals surface area contributed by atoms with Gasteiger partial charge in [0.25, 0.3) is 5.56 Å². The predicted molar refractivity (Wildman–Crippen MR) is 84.0 cm³/mol. The summed E-state index contributed by atoms with van der Waals surface area (Å²) in [6.45, 7) is 2.05. The van der Waals surface area contributed by atoms with Crippen LogP contribution in [0.15, 0.2) is 57.8 Å². The molecule has 0 aliphatic carbocycles. The molecule has 0 saturated carbocycles. The maximum absolute atomic E-state index is 12.4. The van der Waals surface area contributed by atoms with Crippen LogP contribution in [0.1, 0.15) is 18.5 Å². The Bertz CT molecular complexity index is 790. The Balaban J connectivity index is 2.14. The summed E-state index contributed by atoms with van der Waals surface area (Å²) in [5.74, 6) is 0. The zero-order chi connectivity index (χ0) is 13.4. The van der Waals surface area contributed by atoms with E-state index < -0.39 is 0 Å². The van der Waals surface area contributed by atoms with Gasteiger partial charge in [-0.05, 0) is 36.8 Å². The van der Waals surface area contributed by atoms with Crippen LogP contribution < -0.4 is 5.56 Å². The van der Waals surface area contributed by atoms with Gasteiger partial charge in [-0.3, -0.25) is 8.75 Å². The summed E-state index contributed by atoms with van der Waals surface area (Å²) in [4.78, 5) is 12.4. The molecule has 0 aliphatic rings. The van der Waals surface area contributed by atoms with E-state index in [0.717, 1.165) is 20.1 Å². The normalized spacial score (nSPS) is 12.7. The summed E-state index contributed by atoms with van der Waals surface area (Å²) in [6, 6.07) is 15.9. The third kappa shape index (κ3) is 2.26. The lowest BCUT2D eigenvalue weighted by Crippen LogP contribution is -2.17. The first kappa shape index (κ1) is 12.6. The molecule has 96 valence electrons. The minimum Gasteiger partial charge on any atom is -0.268 e. The van der Waals surface area contributed by atoms with Gasteiger partial charge >= 0.3 is 0 Å². The largest absolute Gasteiger partial charge is 0.269 e. The Morgan fingerprint density at radius 2 is 1.95 bits per heavy atom. The van der Waals surface area contributed by atoms with Gasteiger partial charge in [-0.1, -0.05) is 51.7 Å². The van der Waals surface area contributed by atoms with Crippen molar-refractivity contribution in [2.24, 2.45) is 0 Å². The van der Waals surface area contributed by atoms with Gasteiger partial charge < -0.3 is 0 Å². The van der Waals surface area contributed by atoms with Crippen molar-refractivity contribution in [3.8, 4) is 0 Å². The van der Waals surface area contributed by atoms with E-state index in [9.17, 15) is 4.79 Å². The van der Waals surface area contributed by atoms with Crippen LogP contribution in [0, 0.1) is 0 Å². The highest BCUT2D eigenvalue weighted by atomic mass is 79.9. The number of hydrogen-bond donors (Lipinski definition) is 0. The van der Waals surface area contributed by atoms with Gasteiger partial charge in [-0.25, -0.2) is 0 Å². The molecule has 1 atom stereocenters. The van der Waals surface area contributed by atoms with E-state index >= 15 is 0 Å². The van der Waals surface area contributed by atoms with E-state index in [0.29, 0.717) is 0 Å². The second kappa shape index (κ2) is 4.94. The summed E-state index contributed by atoms with van der Waals surface area (Å²) in [5, 5.41) is 0.800. The lowest BCUT2D eigenvalue weighted by molar-refractivity contribution is 0.677. The van der Waals surface area contributed by atoms with Crippen molar-refractivity contribution in [2.45, 2.75) is 13.0 Å². The third-order valence-electron chi connectivity index (χ3n) is 3.20. The smallest absolute Gasteiger partial charge is 0.268 e. The minimum absolute atomic E-state index is 0.0439. The van der Waals surface area contributed by atoms with Crippen LogP contribution in [0.5, 0.6) is 0 Å². The summed E-state index contributed by atoms with van der Waals surface area (Å²) < 4.78 is 3.91. The molecule has 0 spiro atoms. The molecule has 4 heteroatoms. The molecule has 0 fully saturated rings. The summed E-state index contributed by atoms with van der Waals surface area (Å²) in [6.07, 6.45) is 0. The fraction of sp³-hybridized carbons (Fsp3) is 0.133. The Kier molecular flexibility index (Phi) is 3.29. The van der Waals surface area contributed by atoms with Crippen LogP contribution in [0.2, 0.25) is 0 Å². The number of fused-ring (bicyclic) bond motifs is 1. The van der Waals surface area contributed by atoms with Crippen LogP contribution >= 0.6 is 27.5 Å². The maximum atomic E-state index is 12.4. The Morgan fingerprint density at radius 3 is 2.68 bits per heavy atom. The van der Waals surface area contributed by atoms with Gasteiger partial charge in [0.15, 0.2) is 0 Å². The molecule has 1 heterocycles. The molecule has 1 aromatic heterocycles. The van der Waals surface area contributed by atoms with Crippen LogP contribution in [-0.4, -0.2) is 3.96 Å². The zero-order valence-electron chi connectivity index (χ0n) is 10.3. The van der Waals surface area contributed by atoms with E-state index in [1.807, 2.05) is 46.4 Å². The minimum atomic E-state index is 0.0439. The maximum Gasteiger partial charge on any atom is 0.269 e. The highest BCUT2D eigenvalue weighted by molar-refractivity contribution is 9.10. The van der Waals surface area contributed by atoms with E-state index in [4.69, 9.17) is 0 Å². The first-order valence-electron chi connectivity index (χ1n) is 6.03. The van der Waals surface area contributed by atoms with E-state index in [1.54, 1.807) is 0 Å². The topological polar surface area (TPSA) is 22.0 Å². The monoisotopic (exact) mass is 333 g/mol. The highest BCUT2D eigenvalue weighted by Gasteiger charge is 2.14. The fourth-order valence-corrected chi connectivity index (χ4v) is 3.63.